The van der Waals surface area contributed by atoms with Crippen LogP contribution in [0.15, 0.2) is 23.8 Å². The number of rotatable bonds is 32. The lowest BCUT2D eigenvalue weighted by atomic mass is 9.99. The Hall–Kier alpha value is -1.37. The third kappa shape index (κ3) is 22.4. The molecule has 0 bridgehead atoms. The van der Waals surface area contributed by atoms with Crippen LogP contribution < -0.4 is 5.32 Å². The second kappa shape index (κ2) is 31.0. The molecule has 1 aliphatic heterocycles. The van der Waals surface area contributed by atoms with Crippen LogP contribution in [0.3, 0.4) is 0 Å². The van der Waals surface area contributed by atoms with E-state index in [1.54, 1.807) is 6.08 Å². The van der Waals surface area contributed by atoms with E-state index in [-0.39, 0.29) is 6.61 Å². The fourth-order valence-corrected chi connectivity index (χ4v) is 6.48. The van der Waals surface area contributed by atoms with Crippen LogP contribution in [0.1, 0.15) is 168 Å². The molecule has 10 heteroatoms. The number of carbonyl (C=O) groups is 1. The molecule has 1 rings (SSSR count). The average molecular weight is 728 g/mol. The number of carbonyl (C=O) groups excluding carboxylic acids is 1. The van der Waals surface area contributed by atoms with Crippen LogP contribution >= 0.6 is 0 Å². The lowest BCUT2D eigenvalue weighted by Gasteiger charge is -2.40. The summed E-state index contributed by atoms with van der Waals surface area (Å²) in [5, 5.41) is 64.5. The lowest BCUT2D eigenvalue weighted by molar-refractivity contribution is -0.302. The number of amides is 1. The van der Waals surface area contributed by atoms with Crippen molar-refractivity contribution < 1.29 is 44.9 Å². The summed E-state index contributed by atoms with van der Waals surface area (Å²) in [7, 11) is 0. The number of nitrogens with one attached hydrogen (secondary N) is 1. The third-order valence-electron chi connectivity index (χ3n) is 10.00. The molecule has 1 saturated heterocycles. The molecule has 0 saturated carbocycles. The molecule has 51 heavy (non-hydrogen) atoms. The van der Waals surface area contributed by atoms with Gasteiger partial charge in [0.25, 0.3) is 0 Å². The summed E-state index contributed by atoms with van der Waals surface area (Å²) in [5.74, 6) is -0.628. The highest BCUT2D eigenvalue weighted by Gasteiger charge is 2.44. The molecule has 0 aromatic rings. The Morgan fingerprint density at radius 3 is 1.82 bits per heavy atom. The van der Waals surface area contributed by atoms with E-state index < -0.39 is 61.5 Å². The van der Waals surface area contributed by atoms with Crippen molar-refractivity contribution in [2.75, 3.05) is 13.2 Å². The Kier molecular flexibility index (Phi) is 29.0. The second-order valence-corrected chi connectivity index (χ2v) is 14.8. The molecule has 1 amide bonds. The molecular formula is C41H77NO9. The molecular weight excluding hydrogens is 650 g/mol. The van der Waals surface area contributed by atoms with E-state index in [0.717, 1.165) is 32.1 Å². The number of aliphatic hydroxyl groups excluding tert-OH is 6. The molecule has 0 radical (unpaired) electrons. The van der Waals surface area contributed by atoms with Gasteiger partial charge in [-0.2, -0.15) is 0 Å². The fraction of sp³-hybridized carbons (Fsp3) is 0.878. The largest absolute Gasteiger partial charge is 0.394 e. The standard InChI is InChI=1S/C41H77NO9/c1-4-6-8-10-12-13-14-15-16-18-20-24-29-35(45)40(49)42-33(31-50-41-39(48)38(47)37(46)36(30-43)51-41)34(44)28-25-21-23-27-32(3)26-22-19-17-11-9-7-5-2/h25,27-28,33-39,41,43-48H,4-24,26,29-31H2,1-3H3,(H,42,49)/b28-25+,32-27+/t33-,34+,35?,36+,37+,38-,39+,41+/m0/s1. The summed E-state index contributed by atoms with van der Waals surface area (Å²) >= 11 is 0. The minimum absolute atomic E-state index is 0.306. The van der Waals surface area contributed by atoms with Crippen molar-refractivity contribution >= 4 is 5.91 Å². The zero-order chi connectivity index (χ0) is 37.7. The van der Waals surface area contributed by atoms with Gasteiger partial charge in [-0.05, 0) is 39.0 Å². The summed E-state index contributed by atoms with van der Waals surface area (Å²) in [4.78, 5) is 13.0. The maximum absolute atomic E-state index is 13.0. The highest BCUT2D eigenvalue weighted by molar-refractivity contribution is 5.80. The molecule has 8 atom stereocenters. The molecule has 0 aromatic heterocycles. The first-order valence-corrected chi connectivity index (χ1v) is 20.6. The molecule has 0 aliphatic carbocycles. The van der Waals surface area contributed by atoms with E-state index in [1.165, 1.54) is 102 Å². The van der Waals surface area contributed by atoms with Gasteiger partial charge in [-0.1, -0.05) is 153 Å². The average Bonchev–Trinajstić information content (AvgIpc) is 3.12. The highest BCUT2D eigenvalue weighted by Crippen LogP contribution is 2.22. The van der Waals surface area contributed by atoms with Crippen molar-refractivity contribution in [2.24, 2.45) is 0 Å². The third-order valence-corrected chi connectivity index (χ3v) is 10.00. The summed E-state index contributed by atoms with van der Waals surface area (Å²) in [5.41, 5.74) is 1.36. The number of hydrogen-bond donors (Lipinski definition) is 7. The molecule has 300 valence electrons. The van der Waals surface area contributed by atoms with E-state index >= 15 is 0 Å². The second-order valence-electron chi connectivity index (χ2n) is 14.8. The van der Waals surface area contributed by atoms with Crippen LogP contribution in [-0.4, -0.2) is 98.7 Å². The van der Waals surface area contributed by atoms with E-state index in [9.17, 15) is 35.4 Å². The van der Waals surface area contributed by atoms with Crippen molar-refractivity contribution in [3.8, 4) is 0 Å². The number of allylic oxidation sites excluding steroid dienone is 3. The van der Waals surface area contributed by atoms with Gasteiger partial charge >= 0.3 is 0 Å². The van der Waals surface area contributed by atoms with Crippen LogP contribution in [0, 0.1) is 0 Å². The van der Waals surface area contributed by atoms with Gasteiger partial charge in [-0.3, -0.25) is 4.79 Å². The maximum atomic E-state index is 13.0. The first kappa shape index (κ1) is 47.7. The van der Waals surface area contributed by atoms with Crippen molar-refractivity contribution in [1.82, 2.24) is 5.32 Å². The van der Waals surface area contributed by atoms with Gasteiger partial charge < -0.3 is 45.4 Å². The number of hydrogen-bond acceptors (Lipinski definition) is 9. The highest BCUT2D eigenvalue weighted by atomic mass is 16.7. The van der Waals surface area contributed by atoms with Crippen LogP contribution in [-0.2, 0) is 14.3 Å². The first-order valence-electron chi connectivity index (χ1n) is 20.6. The lowest BCUT2D eigenvalue weighted by Crippen LogP contribution is -2.60. The molecule has 1 heterocycles. The van der Waals surface area contributed by atoms with Crippen molar-refractivity contribution in [1.29, 1.82) is 0 Å². The molecule has 0 spiro atoms. The summed E-state index contributed by atoms with van der Waals surface area (Å²) < 4.78 is 11.1. The van der Waals surface area contributed by atoms with Gasteiger partial charge in [-0.15, -0.1) is 0 Å². The Balaban J connectivity index is 2.59. The van der Waals surface area contributed by atoms with Crippen molar-refractivity contribution in [3.63, 3.8) is 0 Å². The van der Waals surface area contributed by atoms with Gasteiger partial charge in [0.1, 0.15) is 30.5 Å². The van der Waals surface area contributed by atoms with E-state index in [1.807, 2.05) is 6.08 Å². The van der Waals surface area contributed by atoms with Crippen molar-refractivity contribution in [2.45, 2.75) is 217 Å². The Bertz CT molecular complexity index is 898. The summed E-state index contributed by atoms with van der Waals surface area (Å²) in [6, 6.07) is -0.993. The Labute approximate surface area is 310 Å². The quantitative estimate of drug-likeness (QED) is 0.0301. The van der Waals surface area contributed by atoms with Crippen LogP contribution in [0.25, 0.3) is 0 Å². The predicted octanol–water partition coefficient (Wildman–Crippen LogP) is 6.52. The maximum Gasteiger partial charge on any atom is 0.249 e. The van der Waals surface area contributed by atoms with Crippen LogP contribution in [0.2, 0.25) is 0 Å². The fourth-order valence-electron chi connectivity index (χ4n) is 6.48. The molecule has 1 aliphatic rings. The predicted molar refractivity (Wildman–Crippen MR) is 204 cm³/mol. The minimum Gasteiger partial charge on any atom is -0.394 e. The van der Waals surface area contributed by atoms with Gasteiger partial charge in [0.05, 0.1) is 25.4 Å². The number of ether oxygens (including phenoxy) is 2. The van der Waals surface area contributed by atoms with Crippen LogP contribution in [0.4, 0.5) is 0 Å². The van der Waals surface area contributed by atoms with Crippen molar-refractivity contribution in [3.05, 3.63) is 23.8 Å². The van der Waals surface area contributed by atoms with Crippen LogP contribution in [0.5, 0.6) is 0 Å². The van der Waals surface area contributed by atoms with Gasteiger partial charge in [0.15, 0.2) is 6.29 Å². The normalized spacial score (nSPS) is 23.1. The molecule has 10 nitrogen and oxygen atoms in total. The summed E-state index contributed by atoms with van der Waals surface area (Å²) in [6.07, 6.45) is 22.0. The van der Waals surface area contributed by atoms with Gasteiger partial charge in [0.2, 0.25) is 5.91 Å². The first-order chi connectivity index (χ1) is 24.7. The number of unbranched alkanes of at least 4 members (excludes halogenated alkanes) is 18. The summed E-state index contributed by atoms with van der Waals surface area (Å²) in [6.45, 7) is 5.70. The molecule has 1 fully saturated rings. The van der Waals surface area contributed by atoms with Gasteiger partial charge in [0, 0.05) is 0 Å². The topological polar surface area (TPSA) is 169 Å². The zero-order valence-corrected chi connectivity index (χ0v) is 32.4. The molecule has 0 aromatic carbocycles. The molecule has 1 unspecified atom stereocenters. The van der Waals surface area contributed by atoms with Gasteiger partial charge in [-0.25, -0.2) is 0 Å². The zero-order valence-electron chi connectivity index (χ0n) is 32.4. The minimum atomic E-state index is -1.61. The SMILES string of the molecule is CCCCCCCCCCCCCCC(O)C(=O)N[C@@H](CO[C@@H]1O[C@H](CO)[C@@H](O)[C@H](O)[C@H]1O)[C@H](O)/C=C/CC/C=C(\C)CCCCCCCCC. The van der Waals surface area contributed by atoms with E-state index in [4.69, 9.17) is 9.47 Å². The molecule has 7 N–H and O–H groups in total. The number of aliphatic hydroxyl groups is 6. The smallest absolute Gasteiger partial charge is 0.249 e. The van der Waals surface area contributed by atoms with E-state index in [2.05, 4.69) is 32.2 Å². The Morgan fingerprint density at radius 2 is 1.27 bits per heavy atom. The monoisotopic (exact) mass is 728 g/mol. The Morgan fingerprint density at radius 1 is 0.745 bits per heavy atom. The van der Waals surface area contributed by atoms with E-state index in [0.29, 0.717) is 19.3 Å².